The molecule has 0 atom stereocenters. The largest absolute Gasteiger partial charge is 0.322 e. The van der Waals surface area contributed by atoms with Crippen LogP contribution in [0.15, 0.2) is 47.4 Å². The highest BCUT2D eigenvalue weighted by atomic mass is 32.1. The monoisotopic (exact) mass is 395 g/mol. The fourth-order valence-electron chi connectivity index (χ4n) is 2.65. The van der Waals surface area contributed by atoms with E-state index in [1.165, 1.54) is 11.3 Å². The number of nitrogens with zero attached hydrogens (tertiary/aromatic N) is 4. The van der Waals surface area contributed by atoms with Crippen molar-refractivity contribution in [3.05, 3.63) is 58.1 Å². The van der Waals surface area contributed by atoms with Gasteiger partial charge in [0, 0.05) is 21.7 Å². The van der Waals surface area contributed by atoms with Gasteiger partial charge in [0.15, 0.2) is 5.82 Å². The number of fused-ring (bicyclic) bond motifs is 1. The van der Waals surface area contributed by atoms with Crippen LogP contribution >= 0.6 is 22.7 Å². The minimum atomic E-state index is -0.0861. The van der Waals surface area contributed by atoms with E-state index < -0.39 is 0 Å². The van der Waals surface area contributed by atoms with E-state index in [-0.39, 0.29) is 5.91 Å². The smallest absolute Gasteiger partial charge is 0.251 e. The Bertz CT molecular complexity index is 1120. The number of hydrogen-bond acceptors (Lipinski definition) is 6. The molecule has 1 N–H and O–H groups in total. The summed E-state index contributed by atoms with van der Waals surface area (Å²) in [4.78, 5) is 14.5. The maximum Gasteiger partial charge on any atom is 0.251 e. The number of hydrogen-bond donors (Lipinski definition) is 1. The van der Waals surface area contributed by atoms with Crippen LogP contribution in [-0.2, 0) is 4.79 Å². The van der Waals surface area contributed by atoms with Crippen LogP contribution < -0.4 is 5.32 Å². The van der Waals surface area contributed by atoms with Gasteiger partial charge in [0.1, 0.15) is 5.01 Å². The first-order valence-corrected chi connectivity index (χ1v) is 10.2. The summed E-state index contributed by atoms with van der Waals surface area (Å²) in [5, 5.41) is 18.5. The van der Waals surface area contributed by atoms with E-state index >= 15 is 0 Å². The number of aryl methyl sites for hydroxylation is 1. The third-order valence-electron chi connectivity index (χ3n) is 4.05. The van der Waals surface area contributed by atoms with Gasteiger partial charge in [-0.1, -0.05) is 36.5 Å². The molecular formula is C19H17N5OS2. The Labute approximate surface area is 164 Å². The first kappa shape index (κ1) is 17.6. The molecule has 1 amide bonds. The third kappa shape index (κ3) is 3.67. The summed E-state index contributed by atoms with van der Waals surface area (Å²) in [6.07, 6.45) is 2.61. The molecule has 27 heavy (non-hydrogen) atoms. The van der Waals surface area contributed by atoms with Crippen LogP contribution in [0.2, 0.25) is 0 Å². The highest BCUT2D eigenvalue weighted by molar-refractivity contribution is 7.19. The van der Waals surface area contributed by atoms with E-state index in [1.807, 2.05) is 61.7 Å². The van der Waals surface area contributed by atoms with Gasteiger partial charge in [0.2, 0.25) is 4.96 Å². The summed E-state index contributed by atoms with van der Waals surface area (Å²) in [5.41, 5.74) is 2.42. The summed E-state index contributed by atoms with van der Waals surface area (Å²) in [6.45, 7) is 3.85. The number of rotatable bonds is 5. The predicted octanol–water partition coefficient (Wildman–Crippen LogP) is 4.65. The molecule has 0 fully saturated rings. The number of amides is 1. The van der Waals surface area contributed by atoms with E-state index in [0.29, 0.717) is 6.42 Å². The number of nitrogens with one attached hydrogen (secondary N) is 1. The van der Waals surface area contributed by atoms with Crippen molar-refractivity contribution in [1.29, 1.82) is 0 Å². The lowest BCUT2D eigenvalue weighted by Crippen LogP contribution is -2.13. The van der Waals surface area contributed by atoms with Gasteiger partial charge in [-0.2, -0.15) is 9.61 Å². The zero-order valence-electron chi connectivity index (χ0n) is 14.8. The van der Waals surface area contributed by atoms with Gasteiger partial charge in [-0.25, -0.2) is 0 Å². The van der Waals surface area contributed by atoms with Crippen LogP contribution in [0.3, 0.4) is 0 Å². The maximum atomic E-state index is 12.7. The summed E-state index contributed by atoms with van der Waals surface area (Å²) < 4.78 is 1.73. The molecule has 4 aromatic rings. The second-order valence-corrected chi connectivity index (χ2v) is 7.86. The van der Waals surface area contributed by atoms with E-state index in [4.69, 9.17) is 0 Å². The van der Waals surface area contributed by atoms with Gasteiger partial charge in [-0.05, 0) is 43.0 Å². The molecule has 1 aromatic carbocycles. The van der Waals surface area contributed by atoms with Crippen molar-refractivity contribution < 1.29 is 4.79 Å². The quantitative estimate of drug-likeness (QED) is 0.499. The van der Waals surface area contributed by atoms with Crippen molar-refractivity contribution in [1.82, 2.24) is 19.8 Å². The number of carbonyl (C=O) groups excluding carboxylic acids is 1. The fourth-order valence-corrected chi connectivity index (χ4v) is 4.21. The topological polar surface area (TPSA) is 72.2 Å². The normalized spacial score (nSPS) is 11.9. The van der Waals surface area contributed by atoms with Crippen molar-refractivity contribution in [3.8, 4) is 10.6 Å². The Kier molecular flexibility index (Phi) is 4.83. The molecule has 0 unspecified atom stereocenters. The molecule has 0 bridgehead atoms. The second kappa shape index (κ2) is 7.42. The molecule has 0 aliphatic heterocycles. The molecule has 0 saturated heterocycles. The average Bonchev–Trinajstić information content (AvgIpc) is 3.39. The van der Waals surface area contributed by atoms with Crippen LogP contribution in [0.4, 0.5) is 5.69 Å². The van der Waals surface area contributed by atoms with E-state index in [0.717, 1.165) is 37.5 Å². The van der Waals surface area contributed by atoms with Gasteiger partial charge in [-0.3, -0.25) is 4.79 Å². The predicted molar refractivity (Wildman–Crippen MR) is 110 cm³/mol. The van der Waals surface area contributed by atoms with E-state index in [1.54, 1.807) is 15.9 Å². The van der Waals surface area contributed by atoms with Crippen LogP contribution in [0, 0.1) is 6.92 Å². The molecule has 6 nitrogen and oxygen atoms in total. The fraction of sp³-hybridized carbons (Fsp3) is 0.158. The van der Waals surface area contributed by atoms with Gasteiger partial charge in [0.25, 0.3) is 5.91 Å². The Balaban J connectivity index is 1.57. The molecule has 0 aliphatic carbocycles. The number of carbonyl (C=O) groups is 1. The Hall–Kier alpha value is -2.84. The number of aromatic nitrogens is 4. The summed E-state index contributed by atoms with van der Waals surface area (Å²) in [7, 11) is 0. The van der Waals surface area contributed by atoms with Crippen LogP contribution in [0.1, 0.15) is 24.0 Å². The number of thiophene rings is 1. The highest BCUT2D eigenvalue weighted by Gasteiger charge is 2.12. The lowest BCUT2D eigenvalue weighted by atomic mass is 10.1. The molecule has 0 aliphatic rings. The van der Waals surface area contributed by atoms with Crippen molar-refractivity contribution in [3.63, 3.8) is 0 Å². The second-order valence-electron chi connectivity index (χ2n) is 5.92. The first-order valence-electron chi connectivity index (χ1n) is 8.48. The highest BCUT2D eigenvalue weighted by Crippen LogP contribution is 2.27. The molecule has 136 valence electrons. The Morgan fingerprint density at radius 3 is 2.89 bits per heavy atom. The lowest BCUT2D eigenvalue weighted by molar-refractivity contribution is -0.112. The molecule has 0 saturated carbocycles. The molecule has 3 heterocycles. The first-order chi connectivity index (χ1) is 13.1. The van der Waals surface area contributed by atoms with Crippen molar-refractivity contribution in [2.24, 2.45) is 0 Å². The van der Waals surface area contributed by atoms with E-state index in [9.17, 15) is 4.79 Å². The average molecular weight is 396 g/mol. The standard InChI is InChI=1S/C19H17N5OS2/c1-3-13(11-16-8-5-9-26-16)17(25)20-15-7-4-6-14(10-15)18-23-24-12(2)21-22-19(24)27-18/h4-11H,3H2,1-2H3,(H,20,25). The Morgan fingerprint density at radius 1 is 1.26 bits per heavy atom. The number of anilines is 1. The van der Waals surface area contributed by atoms with E-state index in [2.05, 4.69) is 20.6 Å². The molecule has 4 rings (SSSR count). The minimum absolute atomic E-state index is 0.0861. The van der Waals surface area contributed by atoms with Gasteiger partial charge < -0.3 is 5.32 Å². The SMILES string of the molecule is CCC(=Cc1cccs1)C(=O)Nc1cccc(-c2nn3c(C)nnc3s2)c1. The lowest BCUT2D eigenvalue weighted by Gasteiger charge is -2.08. The number of benzene rings is 1. The van der Waals surface area contributed by atoms with Gasteiger partial charge in [-0.15, -0.1) is 21.5 Å². The van der Waals surface area contributed by atoms with Crippen LogP contribution in [0.5, 0.6) is 0 Å². The summed E-state index contributed by atoms with van der Waals surface area (Å²) >= 11 is 3.09. The summed E-state index contributed by atoms with van der Waals surface area (Å²) in [5.74, 6) is 0.667. The zero-order chi connectivity index (χ0) is 18.8. The van der Waals surface area contributed by atoms with Gasteiger partial charge >= 0.3 is 0 Å². The molecule has 0 spiro atoms. The van der Waals surface area contributed by atoms with Gasteiger partial charge in [0.05, 0.1) is 0 Å². The molecule has 8 heteroatoms. The molecule has 3 aromatic heterocycles. The molecular weight excluding hydrogens is 378 g/mol. The minimum Gasteiger partial charge on any atom is -0.322 e. The van der Waals surface area contributed by atoms with Crippen molar-refractivity contribution >= 4 is 45.3 Å². The van der Waals surface area contributed by atoms with Crippen molar-refractivity contribution in [2.75, 3.05) is 5.32 Å². The maximum absolute atomic E-state index is 12.7. The summed E-state index contributed by atoms with van der Waals surface area (Å²) in [6, 6.07) is 11.7. The van der Waals surface area contributed by atoms with Crippen molar-refractivity contribution in [2.45, 2.75) is 20.3 Å². The van der Waals surface area contributed by atoms with Crippen LogP contribution in [0.25, 0.3) is 21.6 Å². The Morgan fingerprint density at radius 2 is 2.15 bits per heavy atom. The van der Waals surface area contributed by atoms with Crippen LogP contribution in [-0.4, -0.2) is 25.7 Å². The third-order valence-corrected chi connectivity index (χ3v) is 5.81. The zero-order valence-corrected chi connectivity index (χ0v) is 16.5. The molecule has 0 radical (unpaired) electrons.